The number of nitrogens with one attached hydrogen (secondary N) is 1. The van der Waals surface area contributed by atoms with E-state index in [-0.39, 0.29) is 29.6 Å². The van der Waals surface area contributed by atoms with Crippen molar-refractivity contribution < 1.29 is 32.2 Å². The molecule has 4 rings (SSSR count). The van der Waals surface area contributed by atoms with Crippen LogP contribution < -0.4 is 15.0 Å². The van der Waals surface area contributed by atoms with E-state index in [0.717, 1.165) is 11.8 Å². The third kappa shape index (κ3) is 3.29. The Bertz CT molecular complexity index is 1060. The zero-order valence-electron chi connectivity index (χ0n) is 16.9. The molecule has 11 heteroatoms. The summed E-state index contributed by atoms with van der Waals surface area (Å²) in [6.07, 6.45) is -1.71. The summed E-state index contributed by atoms with van der Waals surface area (Å²) in [5, 5.41) is 2.62. The molecule has 0 unspecified atom stereocenters. The van der Waals surface area contributed by atoms with Crippen molar-refractivity contribution in [1.82, 2.24) is 15.3 Å². The molecule has 1 saturated heterocycles. The van der Waals surface area contributed by atoms with Crippen molar-refractivity contribution in [3.8, 4) is 11.8 Å². The third-order valence-electron chi connectivity index (χ3n) is 5.70. The van der Waals surface area contributed by atoms with Crippen LogP contribution in [0.2, 0.25) is 0 Å². The third-order valence-corrected chi connectivity index (χ3v) is 5.70. The van der Waals surface area contributed by atoms with E-state index in [1.165, 1.54) is 30.6 Å². The van der Waals surface area contributed by atoms with E-state index in [4.69, 9.17) is 9.47 Å². The molecule has 1 aromatic heterocycles. The van der Waals surface area contributed by atoms with Crippen molar-refractivity contribution in [1.29, 1.82) is 0 Å². The van der Waals surface area contributed by atoms with Gasteiger partial charge in [-0.25, -0.2) is 19.7 Å². The number of hydrogen-bond donors (Lipinski definition) is 1. The Labute approximate surface area is 175 Å². The Kier molecular flexibility index (Phi) is 4.69. The quantitative estimate of drug-likeness (QED) is 0.733. The van der Waals surface area contributed by atoms with E-state index in [1.807, 2.05) is 0 Å². The monoisotopic (exact) mass is 436 g/mol. The average molecular weight is 436 g/mol. The molecule has 1 N–H and O–H groups in total. The number of imide groups is 1. The number of benzene rings is 1. The summed E-state index contributed by atoms with van der Waals surface area (Å²) >= 11 is 0. The second-order valence-corrected chi connectivity index (χ2v) is 7.72. The van der Waals surface area contributed by atoms with Crippen LogP contribution >= 0.6 is 0 Å². The number of amides is 3. The van der Waals surface area contributed by atoms with Gasteiger partial charge in [-0.15, -0.1) is 0 Å². The maximum atomic E-state index is 13.5. The predicted octanol–water partition coefficient (Wildman–Crippen LogP) is 3.80. The molecule has 2 aliphatic rings. The summed E-state index contributed by atoms with van der Waals surface area (Å²) < 4.78 is 50.9. The standard InChI is InChI=1S/C20H19F3N4O4/c1-4-18(2)15(28)27(17(29)26-18)12-8-24-16(25-9-12)31-13-6-5-11-10-30-19(3,14(11)7-13)20(21,22)23/h5-9H,4,10H2,1-3H3,(H,26,29)/t18-,19-/m1/s1. The summed E-state index contributed by atoms with van der Waals surface area (Å²) in [4.78, 5) is 33.6. The van der Waals surface area contributed by atoms with E-state index >= 15 is 0 Å². The van der Waals surface area contributed by atoms with Crippen LogP contribution in [0.15, 0.2) is 30.6 Å². The first-order valence-electron chi connectivity index (χ1n) is 9.49. The van der Waals surface area contributed by atoms with Gasteiger partial charge in [0.2, 0.25) is 0 Å². The van der Waals surface area contributed by atoms with Gasteiger partial charge in [-0.2, -0.15) is 13.2 Å². The first-order chi connectivity index (χ1) is 14.5. The summed E-state index contributed by atoms with van der Waals surface area (Å²) in [5.41, 5.74) is -2.90. The highest BCUT2D eigenvalue weighted by Gasteiger charge is 2.57. The number of halogens is 3. The Morgan fingerprint density at radius 2 is 1.90 bits per heavy atom. The summed E-state index contributed by atoms with van der Waals surface area (Å²) in [6, 6.07) is 3.50. The van der Waals surface area contributed by atoms with E-state index in [9.17, 15) is 22.8 Å². The van der Waals surface area contributed by atoms with Crippen LogP contribution in [0.5, 0.6) is 11.8 Å². The molecule has 3 heterocycles. The van der Waals surface area contributed by atoms with Crippen LogP contribution in [0.25, 0.3) is 0 Å². The molecule has 0 bridgehead atoms. The number of fused-ring (bicyclic) bond motifs is 1. The van der Waals surface area contributed by atoms with Gasteiger partial charge < -0.3 is 14.8 Å². The lowest BCUT2D eigenvalue weighted by Gasteiger charge is -2.27. The molecule has 1 aromatic carbocycles. The minimum absolute atomic E-state index is 0.0349. The smallest absolute Gasteiger partial charge is 0.421 e. The van der Waals surface area contributed by atoms with Crippen LogP contribution in [0.3, 0.4) is 0 Å². The van der Waals surface area contributed by atoms with Crippen molar-refractivity contribution in [3.63, 3.8) is 0 Å². The molecule has 2 aliphatic heterocycles. The molecule has 0 saturated carbocycles. The Balaban J connectivity index is 1.56. The highest BCUT2D eigenvalue weighted by atomic mass is 19.4. The largest absolute Gasteiger partial charge is 0.424 e. The minimum atomic E-state index is -4.59. The van der Waals surface area contributed by atoms with Crippen LogP contribution in [0, 0.1) is 0 Å². The van der Waals surface area contributed by atoms with Crippen molar-refractivity contribution in [3.05, 3.63) is 41.7 Å². The molecule has 8 nitrogen and oxygen atoms in total. The molecule has 31 heavy (non-hydrogen) atoms. The van der Waals surface area contributed by atoms with Gasteiger partial charge in [0.1, 0.15) is 11.3 Å². The molecule has 164 valence electrons. The molecular formula is C20H19F3N4O4. The summed E-state index contributed by atoms with van der Waals surface area (Å²) in [6.45, 7) is 4.22. The fourth-order valence-electron chi connectivity index (χ4n) is 3.46. The first kappa shape index (κ1) is 21.0. The highest BCUT2D eigenvalue weighted by Crippen LogP contribution is 2.48. The number of alkyl halides is 3. The molecule has 1 fully saturated rings. The first-order valence-corrected chi connectivity index (χ1v) is 9.49. The molecule has 0 spiro atoms. The van der Waals surface area contributed by atoms with Gasteiger partial charge in [-0.3, -0.25) is 4.79 Å². The predicted molar refractivity (Wildman–Crippen MR) is 101 cm³/mol. The van der Waals surface area contributed by atoms with Crippen LogP contribution in [-0.4, -0.2) is 33.6 Å². The van der Waals surface area contributed by atoms with Crippen molar-refractivity contribution in [2.45, 2.75) is 51.1 Å². The molecular weight excluding hydrogens is 417 g/mol. The molecule has 2 aromatic rings. The minimum Gasteiger partial charge on any atom is -0.424 e. The van der Waals surface area contributed by atoms with Crippen LogP contribution in [0.4, 0.5) is 23.7 Å². The fraction of sp³-hybridized carbons (Fsp3) is 0.400. The summed E-state index contributed by atoms with van der Waals surface area (Å²) in [7, 11) is 0. The van der Waals surface area contributed by atoms with E-state index in [1.54, 1.807) is 13.8 Å². The van der Waals surface area contributed by atoms with Gasteiger partial charge in [0, 0.05) is 5.56 Å². The maximum Gasteiger partial charge on any atom is 0.421 e. The lowest BCUT2D eigenvalue weighted by Crippen LogP contribution is -2.43. The average Bonchev–Trinajstić information content (AvgIpc) is 3.17. The van der Waals surface area contributed by atoms with Crippen LogP contribution in [-0.2, 0) is 21.7 Å². The second-order valence-electron chi connectivity index (χ2n) is 7.72. The van der Waals surface area contributed by atoms with Crippen molar-refractivity contribution >= 4 is 17.6 Å². The Hall–Kier alpha value is -3.21. The lowest BCUT2D eigenvalue weighted by atomic mass is 9.93. The number of hydrogen-bond acceptors (Lipinski definition) is 6. The number of ether oxygens (including phenoxy) is 2. The number of anilines is 1. The number of carbonyl (C=O) groups excluding carboxylic acids is 2. The van der Waals surface area contributed by atoms with E-state index in [2.05, 4.69) is 15.3 Å². The molecule has 0 radical (unpaired) electrons. The maximum absolute atomic E-state index is 13.5. The SMILES string of the molecule is CC[C@@]1(C)NC(=O)N(c2cnc(Oc3ccc4c(c3)[C@](C)(C(F)(F)F)OC4)nc2)C1=O. The van der Waals surface area contributed by atoms with Gasteiger partial charge in [0.15, 0.2) is 5.60 Å². The normalized spacial score (nSPS) is 25.5. The number of rotatable bonds is 4. The number of aromatic nitrogens is 2. The molecule has 0 aliphatic carbocycles. The van der Waals surface area contributed by atoms with Crippen molar-refractivity contribution in [2.75, 3.05) is 4.90 Å². The topological polar surface area (TPSA) is 93.7 Å². The van der Waals surface area contributed by atoms with Gasteiger partial charge in [0.25, 0.3) is 5.91 Å². The summed E-state index contributed by atoms with van der Waals surface area (Å²) in [5.74, 6) is -0.330. The molecule has 3 amide bonds. The second kappa shape index (κ2) is 6.91. The zero-order chi connectivity index (χ0) is 22.6. The van der Waals surface area contributed by atoms with E-state index < -0.39 is 29.3 Å². The Morgan fingerprint density at radius 1 is 1.23 bits per heavy atom. The Morgan fingerprint density at radius 3 is 2.48 bits per heavy atom. The van der Waals surface area contributed by atoms with Gasteiger partial charge in [0.05, 0.1) is 24.7 Å². The number of carbonyl (C=O) groups is 2. The zero-order valence-corrected chi connectivity index (χ0v) is 16.9. The number of urea groups is 1. The van der Waals surface area contributed by atoms with E-state index in [0.29, 0.717) is 12.0 Å². The van der Waals surface area contributed by atoms with Crippen LogP contribution in [0.1, 0.15) is 38.3 Å². The van der Waals surface area contributed by atoms with Gasteiger partial charge in [-0.1, -0.05) is 13.0 Å². The lowest BCUT2D eigenvalue weighted by molar-refractivity contribution is -0.272. The molecule has 2 atom stereocenters. The van der Waals surface area contributed by atoms with Gasteiger partial charge in [-0.05, 0) is 38.0 Å². The highest BCUT2D eigenvalue weighted by molar-refractivity contribution is 6.23. The van der Waals surface area contributed by atoms with Crippen molar-refractivity contribution in [2.24, 2.45) is 0 Å². The fourth-order valence-corrected chi connectivity index (χ4v) is 3.46. The number of nitrogens with zero attached hydrogens (tertiary/aromatic N) is 3. The van der Waals surface area contributed by atoms with Gasteiger partial charge >= 0.3 is 18.2 Å².